The Bertz CT molecular complexity index is 366. The molecule has 100 valence electrons. The highest BCUT2D eigenvalue weighted by atomic mass is 19.3. The molecule has 0 amide bonds. The first-order valence-electron chi connectivity index (χ1n) is 6.68. The lowest BCUT2D eigenvalue weighted by Gasteiger charge is -2.41. The lowest BCUT2D eigenvalue weighted by Crippen LogP contribution is -2.47. The van der Waals surface area contributed by atoms with Crippen LogP contribution in [0.5, 0.6) is 0 Å². The van der Waals surface area contributed by atoms with E-state index in [1.807, 2.05) is 42.2 Å². The molecule has 0 bridgehead atoms. The van der Waals surface area contributed by atoms with Crippen molar-refractivity contribution in [1.29, 1.82) is 0 Å². The third kappa shape index (κ3) is 2.89. The van der Waals surface area contributed by atoms with Crippen LogP contribution < -0.4 is 0 Å². The fourth-order valence-corrected chi connectivity index (χ4v) is 2.85. The molecule has 0 aliphatic carbocycles. The van der Waals surface area contributed by atoms with Crippen molar-refractivity contribution in [1.82, 2.24) is 4.90 Å². The summed E-state index contributed by atoms with van der Waals surface area (Å²) >= 11 is 0. The number of alkyl halides is 2. The number of hydrogen-bond donors (Lipinski definition) is 0. The van der Waals surface area contributed by atoms with Crippen molar-refractivity contribution >= 4 is 0 Å². The van der Waals surface area contributed by atoms with E-state index >= 15 is 0 Å². The Morgan fingerprint density at radius 1 is 1.22 bits per heavy atom. The van der Waals surface area contributed by atoms with Crippen molar-refractivity contribution in [3.63, 3.8) is 0 Å². The molecule has 2 rings (SSSR count). The van der Waals surface area contributed by atoms with Crippen LogP contribution in [0.3, 0.4) is 0 Å². The molecule has 3 atom stereocenters. The largest absolute Gasteiger partial charge is 0.288 e. The van der Waals surface area contributed by atoms with Gasteiger partial charge < -0.3 is 0 Å². The average Bonchev–Trinajstić information content (AvgIpc) is 2.39. The van der Waals surface area contributed by atoms with Gasteiger partial charge in [0.2, 0.25) is 0 Å². The highest BCUT2D eigenvalue weighted by molar-refractivity contribution is 5.18. The normalized spacial score (nSPS) is 27.4. The standard InChI is InChI=1S/C15H21F2N/c1-11-8-9-18(14(10-11)15(16)17)12(2)13-6-4-3-5-7-13/h3-7,11-12,14-15H,8-10H2,1-2H3/t11?,12-,14-/m1/s1. The molecular formula is C15H21F2N. The summed E-state index contributed by atoms with van der Waals surface area (Å²) in [4.78, 5) is 1.97. The Morgan fingerprint density at radius 2 is 1.89 bits per heavy atom. The summed E-state index contributed by atoms with van der Waals surface area (Å²) in [7, 11) is 0. The number of piperidine rings is 1. The van der Waals surface area contributed by atoms with Crippen LogP contribution in [0.25, 0.3) is 0 Å². The first-order chi connectivity index (χ1) is 8.59. The number of rotatable bonds is 3. The first-order valence-corrected chi connectivity index (χ1v) is 6.68. The maximum atomic E-state index is 13.2. The highest BCUT2D eigenvalue weighted by Crippen LogP contribution is 2.33. The van der Waals surface area contributed by atoms with E-state index in [4.69, 9.17) is 0 Å². The van der Waals surface area contributed by atoms with Gasteiger partial charge in [0.15, 0.2) is 0 Å². The molecule has 1 unspecified atom stereocenters. The maximum Gasteiger partial charge on any atom is 0.253 e. The molecule has 0 N–H and O–H groups in total. The summed E-state index contributed by atoms with van der Waals surface area (Å²) < 4.78 is 26.4. The van der Waals surface area contributed by atoms with Crippen LogP contribution in [0.1, 0.15) is 38.3 Å². The Kier molecular flexibility index (Phi) is 4.33. The van der Waals surface area contributed by atoms with E-state index in [9.17, 15) is 8.78 Å². The molecule has 1 fully saturated rings. The van der Waals surface area contributed by atoms with Gasteiger partial charge in [0, 0.05) is 6.04 Å². The molecule has 0 radical (unpaired) electrons. The van der Waals surface area contributed by atoms with Gasteiger partial charge in [0.05, 0.1) is 6.04 Å². The van der Waals surface area contributed by atoms with Gasteiger partial charge in [-0.3, -0.25) is 4.90 Å². The minimum atomic E-state index is -2.25. The smallest absolute Gasteiger partial charge is 0.253 e. The molecule has 1 aliphatic rings. The van der Waals surface area contributed by atoms with Crippen LogP contribution in [0.4, 0.5) is 8.78 Å². The van der Waals surface area contributed by atoms with Crippen molar-refractivity contribution in [3.8, 4) is 0 Å². The average molecular weight is 253 g/mol. The lowest BCUT2D eigenvalue weighted by atomic mass is 9.90. The zero-order chi connectivity index (χ0) is 13.1. The Labute approximate surface area is 108 Å². The number of halogens is 2. The maximum absolute atomic E-state index is 13.2. The Hall–Kier alpha value is -0.960. The molecule has 0 saturated carbocycles. The van der Waals surface area contributed by atoms with Crippen molar-refractivity contribution in [2.75, 3.05) is 6.54 Å². The number of benzene rings is 1. The van der Waals surface area contributed by atoms with E-state index in [1.165, 1.54) is 0 Å². The zero-order valence-electron chi connectivity index (χ0n) is 11.0. The first kappa shape index (κ1) is 13.5. The number of likely N-dealkylation sites (tertiary alicyclic amines) is 1. The number of hydrogen-bond acceptors (Lipinski definition) is 1. The van der Waals surface area contributed by atoms with E-state index in [1.54, 1.807) is 0 Å². The topological polar surface area (TPSA) is 3.24 Å². The molecule has 3 heteroatoms. The molecule has 1 saturated heterocycles. The third-order valence-corrected chi connectivity index (χ3v) is 4.02. The molecular weight excluding hydrogens is 232 g/mol. The van der Waals surface area contributed by atoms with Gasteiger partial charge in [-0.05, 0) is 37.8 Å². The van der Waals surface area contributed by atoms with Crippen LogP contribution in [0.2, 0.25) is 0 Å². The summed E-state index contributed by atoms with van der Waals surface area (Å²) in [5.74, 6) is 0.406. The molecule has 0 spiro atoms. The van der Waals surface area contributed by atoms with Crippen molar-refractivity contribution in [2.24, 2.45) is 5.92 Å². The van der Waals surface area contributed by atoms with Gasteiger partial charge in [0.25, 0.3) is 6.43 Å². The predicted octanol–water partition coefficient (Wildman–Crippen LogP) is 4.11. The molecule has 1 heterocycles. The molecule has 1 aromatic carbocycles. The van der Waals surface area contributed by atoms with E-state index in [-0.39, 0.29) is 6.04 Å². The molecule has 1 nitrogen and oxygen atoms in total. The van der Waals surface area contributed by atoms with Crippen molar-refractivity contribution < 1.29 is 8.78 Å². The van der Waals surface area contributed by atoms with E-state index in [0.717, 1.165) is 18.5 Å². The van der Waals surface area contributed by atoms with Gasteiger partial charge in [-0.2, -0.15) is 0 Å². The summed E-state index contributed by atoms with van der Waals surface area (Å²) in [6.45, 7) is 4.87. The highest BCUT2D eigenvalue weighted by Gasteiger charge is 2.35. The zero-order valence-corrected chi connectivity index (χ0v) is 11.0. The fraction of sp³-hybridized carbons (Fsp3) is 0.600. The van der Waals surface area contributed by atoms with Crippen LogP contribution in [0.15, 0.2) is 30.3 Å². The SMILES string of the molecule is CC1CCN([C@H](C)c2ccccc2)[C@@H](C(F)F)C1. The van der Waals surface area contributed by atoms with E-state index in [0.29, 0.717) is 12.3 Å². The van der Waals surface area contributed by atoms with Gasteiger partial charge in [0.1, 0.15) is 0 Å². The van der Waals surface area contributed by atoms with Crippen molar-refractivity contribution in [2.45, 2.75) is 45.2 Å². The summed E-state index contributed by atoms with van der Waals surface area (Å²) in [6.07, 6.45) is -0.631. The summed E-state index contributed by atoms with van der Waals surface area (Å²) in [6, 6.07) is 9.41. The second-order valence-corrected chi connectivity index (χ2v) is 5.36. The minimum Gasteiger partial charge on any atom is -0.288 e. The molecule has 18 heavy (non-hydrogen) atoms. The second kappa shape index (κ2) is 5.79. The Balaban J connectivity index is 2.15. The van der Waals surface area contributed by atoms with Crippen LogP contribution in [-0.4, -0.2) is 23.9 Å². The molecule has 1 aromatic rings. The van der Waals surface area contributed by atoms with Crippen LogP contribution >= 0.6 is 0 Å². The van der Waals surface area contributed by atoms with E-state index < -0.39 is 12.5 Å². The molecule has 0 aromatic heterocycles. The van der Waals surface area contributed by atoms with Crippen LogP contribution in [-0.2, 0) is 0 Å². The quantitative estimate of drug-likeness (QED) is 0.783. The van der Waals surface area contributed by atoms with Gasteiger partial charge in [-0.15, -0.1) is 0 Å². The van der Waals surface area contributed by atoms with Crippen LogP contribution in [0, 0.1) is 5.92 Å². The third-order valence-electron chi connectivity index (χ3n) is 4.02. The monoisotopic (exact) mass is 253 g/mol. The van der Waals surface area contributed by atoms with Gasteiger partial charge >= 0.3 is 0 Å². The van der Waals surface area contributed by atoms with E-state index in [2.05, 4.69) is 6.92 Å². The lowest BCUT2D eigenvalue weighted by molar-refractivity contribution is -0.0275. The van der Waals surface area contributed by atoms with Gasteiger partial charge in [-0.25, -0.2) is 8.78 Å². The molecule has 1 aliphatic heterocycles. The fourth-order valence-electron chi connectivity index (χ4n) is 2.85. The summed E-state index contributed by atoms with van der Waals surface area (Å²) in [5.41, 5.74) is 1.12. The number of nitrogens with zero attached hydrogens (tertiary/aromatic N) is 1. The second-order valence-electron chi connectivity index (χ2n) is 5.36. The Morgan fingerprint density at radius 3 is 2.50 bits per heavy atom. The minimum absolute atomic E-state index is 0.0673. The summed E-state index contributed by atoms with van der Waals surface area (Å²) in [5, 5.41) is 0. The van der Waals surface area contributed by atoms with Crippen molar-refractivity contribution in [3.05, 3.63) is 35.9 Å². The predicted molar refractivity (Wildman–Crippen MR) is 69.8 cm³/mol. The van der Waals surface area contributed by atoms with Gasteiger partial charge in [-0.1, -0.05) is 37.3 Å².